The highest BCUT2D eigenvalue weighted by molar-refractivity contribution is 7.90. The number of likely N-dealkylation sites (tertiary alicyclic amines) is 1. The molecule has 2 aliphatic rings. The molecule has 12 nitrogen and oxygen atoms in total. The van der Waals surface area contributed by atoms with Crippen LogP contribution in [-0.2, 0) is 36.1 Å². The highest BCUT2D eigenvalue weighted by Crippen LogP contribution is 2.37. The minimum Gasteiger partial charge on any atom is -0.488 e. The third-order valence-electron chi connectivity index (χ3n) is 6.94. The van der Waals surface area contributed by atoms with Crippen molar-refractivity contribution < 1.29 is 36.3 Å². The number of halogens is 1. The monoisotopic (exact) mass is 632 g/mol. The Kier molecular flexibility index (Phi) is 8.64. The highest BCUT2D eigenvalue weighted by Gasteiger charge is 2.42. The number of carbonyl (C=O) groups is 2. The second kappa shape index (κ2) is 11.4. The van der Waals surface area contributed by atoms with Crippen LogP contribution < -0.4 is 15.2 Å². The summed E-state index contributed by atoms with van der Waals surface area (Å²) >= 11 is 10.2. The van der Waals surface area contributed by atoms with Gasteiger partial charge in [0.25, 0.3) is 0 Å². The van der Waals surface area contributed by atoms with Gasteiger partial charge >= 0.3 is 5.97 Å². The largest absolute Gasteiger partial charge is 0.488 e. The number of carbonyl (C=O) groups excluding carboxylic acids is 1. The van der Waals surface area contributed by atoms with E-state index in [9.17, 15) is 31.5 Å². The molecule has 1 saturated heterocycles. The molecule has 0 spiro atoms. The molecule has 0 aliphatic carbocycles. The Bertz CT molecular complexity index is 1540. The van der Waals surface area contributed by atoms with Gasteiger partial charge < -0.3 is 20.1 Å². The maximum atomic E-state index is 13.2. The van der Waals surface area contributed by atoms with Crippen molar-refractivity contribution in [3.63, 3.8) is 0 Å². The Balaban J connectivity index is 1.47. The van der Waals surface area contributed by atoms with E-state index < -0.39 is 55.1 Å². The second-order valence-corrected chi connectivity index (χ2v) is 14.0. The standard InChI is InChI=1S/C24H29ClN4O8S3/c1-13(12-38)23(30)29-11-16(8-19(29)24(31)32)37-15-5-3-14(4-6-15)7-22-27-18-9-17(25)20(39(26,33)34)10-21(18)40(35,36)28(22)2/h3-6,9-10,13,16,19,22,27,38H,7-8,11-12H2,1-2H3,(H,31,32)(H2,26,33,34)/t13-,16+,19+,22?/m1/s1. The van der Waals surface area contributed by atoms with Crippen LogP contribution in [0.2, 0.25) is 5.02 Å². The number of fused-ring (bicyclic) bond motifs is 1. The van der Waals surface area contributed by atoms with Crippen LogP contribution in [0.3, 0.4) is 0 Å². The molecule has 1 amide bonds. The number of hydrogen-bond acceptors (Lipinski definition) is 9. The summed E-state index contributed by atoms with van der Waals surface area (Å²) in [5.74, 6) is -1.02. The van der Waals surface area contributed by atoms with Crippen molar-refractivity contribution in [3.05, 3.63) is 47.0 Å². The topological polar surface area (TPSA) is 176 Å². The molecule has 0 bridgehead atoms. The molecule has 218 valence electrons. The second-order valence-electron chi connectivity index (χ2n) is 9.76. The summed E-state index contributed by atoms with van der Waals surface area (Å²) in [6.45, 7) is 1.83. The number of carboxylic acids is 1. The normalized spacial score (nSPS) is 23.2. The fourth-order valence-electron chi connectivity index (χ4n) is 4.69. The lowest BCUT2D eigenvalue weighted by molar-refractivity contribution is -0.149. The van der Waals surface area contributed by atoms with Crippen LogP contribution in [0.1, 0.15) is 18.9 Å². The van der Waals surface area contributed by atoms with Gasteiger partial charge in [0.1, 0.15) is 27.7 Å². The van der Waals surface area contributed by atoms with Gasteiger partial charge in [-0.25, -0.2) is 26.8 Å². The van der Waals surface area contributed by atoms with E-state index in [4.69, 9.17) is 21.5 Å². The van der Waals surface area contributed by atoms with Gasteiger partial charge in [-0.15, -0.1) is 0 Å². The first-order valence-electron chi connectivity index (χ1n) is 12.1. The number of rotatable bonds is 8. The van der Waals surface area contributed by atoms with E-state index >= 15 is 0 Å². The predicted molar refractivity (Wildman–Crippen MR) is 151 cm³/mol. The lowest BCUT2D eigenvalue weighted by Gasteiger charge is -2.35. The molecule has 0 radical (unpaired) electrons. The number of hydrogen-bond donors (Lipinski definition) is 4. The molecule has 1 unspecified atom stereocenters. The molecule has 4 atom stereocenters. The number of thiol groups is 1. The van der Waals surface area contributed by atoms with E-state index in [0.29, 0.717) is 11.5 Å². The number of aliphatic carboxylic acids is 1. The minimum atomic E-state index is -4.24. The molecule has 4 rings (SSSR count). The number of primary sulfonamides is 1. The molecule has 1 fully saturated rings. The number of likely N-dealkylation sites (N-methyl/N-ethyl adjacent to an activating group) is 1. The lowest BCUT2D eigenvalue weighted by atomic mass is 10.1. The van der Waals surface area contributed by atoms with Crippen LogP contribution in [0.15, 0.2) is 46.2 Å². The Morgan fingerprint density at radius 2 is 1.93 bits per heavy atom. The molecule has 2 heterocycles. The zero-order valence-electron chi connectivity index (χ0n) is 21.5. The number of amides is 1. The Morgan fingerprint density at radius 3 is 2.50 bits per heavy atom. The smallest absolute Gasteiger partial charge is 0.326 e. The number of anilines is 1. The number of ether oxygens (including phenoxy) is 1. The van der Waals surface area contributed by atoms with Gasteiger partial charge in [0.05, 0.1) is 23.4 Å². The van der Waals surface area contributed by atoms with Crippen LogP contribution >= 0.6 is 24.2 Å². The summed E-state index contributed by atoms with van der Waals surface area (Å²) in [6, 6.07) is 8.06. The van der Waals surface area contributed by atoms with Gasteiger partial charge in [-0.05, 0) is 29.8 Å². The Hall–Kier alpha value is -2.56. The van der Waals surface area contributed by atoms with Gasteiger partial charge in [-0.1, -0.05) is 30.7 Å². The highest BCUT2D eigenvalue weighted by atomic mass is 35.5. The zero-order valence-corrected chi connectivity index (χ0v) is 24.8. The van der Waals surface area contributed by atoms with Crippen molar-refractivity contribution in [1.82, 2.24) is 9.21 Å². The average Bonchev–Trinajstić information content (AvgIpc) is 3.30. The fraction of sp³-hybridized carbons (Fsp3) is 0.417. The van der Waals surface area contributed by atoms with Crippen molar-refractivity contribution in [1.29, 1.82) is 0 Å². The maximum absolute atomic E-state index is 13.2. The summed E-state index contributed by atoms with van der Waals surface area (Å²) < 4.78 is 57.0. The first-order valence-corrected chi connectivity index (χ1v) is 16.1. The van der Waals surface area contributed by atoms with Gasteiger partial charge in [0.15, 0.2) is 0 Å². The van der Waals surface area contributed by atoms with E-state index in [0.717, 1.165) is 15.9 Å². The number of carboxylic acid groups (broad SMARTS) is 1. The van der Waals surface area contributed by atoms with Crippen molar-refractivity contribution >= 4 is 61.8 Å². The van der Waals surface area contributed by atoms with Crippen LogP contribution in [0.4, 0.5) is 5.69 Å². The van der Waals surface area contributed by atoms with Gasteiger partial charge in [0.2, 0.25) is 26.0 Å². The van der Waals surface area contributed by atoms with E-state index in [1.807, 2.05) is 0 Å². The molecule has 16 heteroatoms. The van der Waals surface area contributed by atoms with E-state index in [1.54, 1.807) is 31.2 Å². The number of nitrogens with one attached hydrogen (secondary N) is 1. The molecule has 0 aromatic heterocycles. The Morgan fingerprint density at radius 1 is 1.27 bits per heavy atom. The van der Waals surface area contributed by atoms with E-state index in [2.05, 4.69) is 17.9 Å². The first kappa shape index (κ1) is 30.4. The first-order chi connectivity index (χ1) is 18.6. The summed E-state index contributed by atoms with van der Waals surface area (Å²) in [4.78, 5) is 24.9. The average molecular weight is 633 g/mol. The van der Waals surface area contributed by atoms with Crippen molar-refractivity contribution in [2.24, 2.45) is 11.1 Å². The van der Waals surface area contributed by atoms with Gasteiger partial charge in [0, 0.05) is 31.6 Å². The third-order valence-corrected chi connectivity index (χ3v) is 10.8. The zero-order chi connectivity index (χ0) is 29.6. The number of nitrogens with zero attached hydrogens (tertiary/aromatic N) is 2. The molecule has 0 saturated carbocycles. The molecule has 40 heavy (non-hydrogen) atoms. The van der Waals surface area contributed by atoms with Crippen LogP contribution in [0.25, 0.3) is 0 Å². The van der Waals surface area contributed by atoms with Gasteiger partial charge in [-0.2, -0.15) is 16.9 Å². The summed E-state index contributed by atoms with van der Waals surface area (Å²) in [5, 5.41) is 17.6. The fourth-order valence-corrected chi connectivity index (χ4v) is 7.46. The maximum Gasteiger partial charge on any atom is 0.326 e. The van der Waals surface area contributed by atoms with Crippen molar-refractivity contribution in [2.75, 3.05) is 24.7 Å². The van der Waals surface area contributed by atoms with Crippen LogP contribution in [0.5, 0.6) is 5.75 Å². The molecular formula is C24H29ClN4O8S3. The molecular weight excluding hydrogens is 604 g/mol. The van der Waals surface area contributed by atoms with E-state index in [-0.39, 0.29) is 40.9 Å². The quantitative estimate of drug-likeness (QED) is 0.315. The van der Waals surface area contributed by atoms with Crippen LogP contribution in [-0.4, -0.2) is 80.7 Å². The van der Waals surface area contributed by atoms with E-state index in [1.165, 1.54) is 18.0 Å². The van der Waals surface area contributed by atoms with Crippen molar-refractivity contribution in [2.45, 2.75) is 47.9 Å². The SMILES string of the molecule is C[C@H](CS)C(=O)N1C[C@@H](Oc2ccc(CC3Nc4cc(Cl)c(S(N)(=O)=O)cc4S(=O)(=O)N3C)cc2)C[C@H]1C(=O)O. The number of sulfonamides is 2. The number of benzene rings is 2. The van der Waals surface area contributed by atoms with Crippen molar-refractivity contribution in [3.8, 4) is 5.75 Å². The molecule has 2 aromatic rings. The third kappa shape index (κ3) is 6.04. The molecule has 2 aliphatic heterocycles. The molecule has 4 N–H and O–H groups in total. The van der Waals surface area contributed by atoms with Gasteiger partial charge in [-0.3, -0.25) is 4.79 Å². The summed E-state index contributed by atoms with van der Waals surface area (Å²) in [5.41, 5.74) is 0.915. The predicted octanol–water partition coefficient (Wildman–Crippen LogP) is 1.60. The van der Waals surface area contributed by atoms with Crippen LogP contribution in [0, 0.1) is 5.92 Å². The molecule has 2 aromatic carbocycles. The summed E-state index contributed by atoms with van der Waals surface area (Å²) in [6.07, 6.45) is -0.826. The minimum absolute atomic E-state index is 0.138. The summed E-state index contributed by atoms with van der Waals surface area (Å²) in [7, 11) is -6.93. The lowest BCUT2D eigenvalue weighted by Crippen LogP contribution is -2.47. The Labute approximate surface area is 242 Å². The number of nitrogens with two attached hydrogens (primary N) is 1.